The van der Waals surface area contributed by atoms with Crippen molar-refractivity contribution in [3.63, 3.8) is 0 Å². The van der Waals surface area contributed by atoms with Crippen LogP contribution in [0.15, 0.2) is 48.5 Å². The van der Waals surface area contributed by atoms with E-state index in [0.29, 0.717) is 23.2 Å². The molecule has 0 saturated carbocycles. The minimum atomic E-state index is -0.459. The lowest BCUT2D eigenvalue weighted by Gasteiger charge is -2.03. The first-order valence-corrected chi connectivity index (χ1v) is 8.05. The van der Waals surface area contributed by atoms with Gasteiger partial charge >= 0.3 is 0 Å². The number of fused-ring (bicyclic) bond motifs is 1. The van der Waals surface area contributed by atoms with Gasteiger partial charge in [-0.25, -0.2) is 4.39 Å². The van der Waals surface area contributed by atoms with Crippen molar-refractivity contribution in [2.24, 2.45) is 0 Å². The van der Waals surface area contributed by atoms with Crippen molar-refractivity contribution >= 4 is 33.0 Å². The van der Waals surface area contributed by atoms with Crippen molar-refractivity contribution in [3.05, 3.63) is 74.9 Å². The van der Waals surface area contributed by atoms with Gasteiger partial charge < -0.3 is 5.32 Å². The van der Waals surface area contributed by atoms with Gasteiger partial charge in [-0.1, -0.05) is 12.1 Å². The molecule has 1 aromatic heterocycles. The van der Waals surface area contributed by atoms with Gasteiger partial charge in [-0.15, -0.1) is 11.3 Å². The van der Waals surface area contributed by atoms with Gasteiger partial charge in [0.05, 0.1) is 9.80 Å². The second-order valence-corrected chi connectivity index (χ2v) is 6.31. The minimum absolute atomic E-state index is 0.00330. The number of hydrogen-bond donors (Lipinski definition) is 1. The molecule has 24 heavy (non-hydrogen) atoms. The number of nitro groups is 1. The number of nitrogens with one attached hydrogen (secondary N) is 1. The van der Waals surface area contributed by atoms with Crippen LogP contribution < -0.4 is 5.32 Å². The fourth-order valence-electron chi connectivity index (χ4n) is 2.31. The molecule has 0 aliphatic rings. The Morgan fingerprint density at radius 2 is 1.92 bits per heavy atom. The largest absolute Gasteiger partial charge is 0.351 e. The molecule has 1 amide bonds. The molecule has 3 aromatic rings. The Morgan fingerprint density at radius 3 is 2.62 bits per heavy atom. The predicted molar refractivity (Wildman–Crippen MR) is 90.9 cm³/mol. The van der Waals surface area contributed by atoms with Crippen LogP contribution in [0.1, 0.15) is 15.2 Å². The van der Waals surface area contributed by atoms with Crippen LogP contribution in [0.5, 0.6) is 0 Å². The molecule has 1 N–H and O–H groups in total. The normalized spacial score (nSPS) is 10.7. The summed E-state index contributed by atoms with van der Waals surface area (Å²) >= 11 is 1.29. The van der Waals surface area contributed by atoms with Crippen LogP contribution in [0.2, 0.25) is 0 Å². The molecule has 7 heteroatoms. The number of carbonyl (C=O) groups is 1. The fraction of sp³-hybridized carbons (Fsp3) is 0.118. The highest BCUT2D eigenvalue weighted by Gasteiger charge is 2.13. The number of nitro benzene ring substituents is 1. The van der Waals surface area contributed by atoms with Gasteiger partial charge in [0.25, 0.3) is 11.6 Å². The maximum atomic E-state index is 12.8. The number of nitrogens with zero attached hydrogens (tertiary/aromatic N) is 1. The van der Waals surface area contributed by atoms with Crippen LogP contribution in [0.3, 0.4) is 0 Å². The van der Waals surface area contributed by atoms with E-state index in [1.54, 1.807) is 24.3 Å². The average molecular weight is 344 g/mol. The third kappa shape index (κ3) is 3.57. The highest BCUT2D eigenvalue weighted by Crippen LogP contribution is 2.28. The molecule has 1 heterocycles. The van der Waals surface area contributed by atoms with Crippen molar-refractivity contribution in [1.29, 1.82) is 0 Å². The van der Waals surface area contributed by atoms with E-state index in [9.17, 15) is 19.3 Å². The van der Waals surface area contributed by atoms with Gasteiger partial charge in [-0.2, -0.15) is 0 Å². The second-order valence-electron chi connectivity index (χ2n) is 5.22. The number of rotatable bonds is 5. The standard InChI is InChI=1S/C17H13FN2O3S/c18-13-3-1-11(2-4-13)7-8-19-17(21)16-10-12-9-14(20(22)23)5-6-15(12)24-16/h1-6,9-10H,7-8H2,(H,19,21). The smallest absolute Gasteiger partial charge is 0.270 e. The molecule has 0 unspecified atom stereocenters. The third-order valence-electron chi connectivity index (χ3n) is 3.55. The molecule has 0 bridgehead atoms. The van der Waals surface area contributed by atoms with Gasteiger partial charge in [0, 0.05) is 28.8 Å². The molecule has 0 radical (unpaired) electrons. The highest BCUT2D eigenvalue weighted by molar-refractivity contribution is 7.20. The molecule has 122 valence electrons. The summed E-state index contributed by atoms with van der Waals surface area (Å²) in [5.74, 6) is -0.511. The Kier molecular flexibility index (Phi) is 4.52. The molecular formula is C17H13FN2O3S. The average Bonchev–Trinajstić information content (AvgIpc) is 2.99. The van der Waals surface area contributed by atoms with E-state index in [2.05, 4.69) is 5.32 Å². The first kappa shape index (κ1) is 16.1. The van der Waals surface area contributed by atoms with Crippen molar-refractivity contribution in [3.8, 4) is 0 Å². The zero-order valence-electron chi connectivity index (χ0n) is 12.5. The summed E-state index contributed by atoms with van der Waals surface area (Å²) in [5, 5.41) is 14.3. The minimum Gasteiger partial charge on any atom is -0.351 e. The number of benzene rings is 2. The van der Waals surface area contributed by atoms with E-state index in [1.807, 2.05) is 0 Å². The zero-order valence-corrected chi connectivity index (χ0v) is 13.3. The summed E-state index contributed by atoms with van der Waals surface area (Å²) in [6, 6.07) is 12.3. The fourth-order valence-corrected chi connectivity index (χ4v) is 3.27. The SMILES string of the molecule is O=C(NCCc1ccc(F)cc1)c1cc2cc([N+](=O)[O-])ccc2s1. The van der Waals surface area contributed by atoms with Crippen LogP contribution in [0.25, 0.3) is 10.1 Å². The number of carbonyl (C=O) groups excluding carboxylic acids is 1. The molecule has 0 atom stereocenters. The van der Waals surface area contributed by atoms with Crippen LogP contribution in [0, 0.1) is 15.9 Å². The van der Waals surface area contributed by atoms with Crippen molar-refractivity contribution in [2.75, 3.05) is 6.54 Å². The maximum absolute atomic E-state index is 12.8. The van der Waals surface area contributed by atoms with Crippen LogP contribution in [-0.4, -0.2) is 17.4 Å². The summed E-state index contributed by atoms with van der Waals surface area (Å²) in [6.45, 7) is 0.429. The molecule has 2 aromatic carbocycles. The first-order chi connectivity index (χ1) is 11.5. The number of thiophene rings is 1. The quantitative estimate of drug-likeness (QED) is 0.563. The van der Waals surface area contributed by atoms with Crippen LogP contribution >= 0.6 is 11.3 Å². The van der Waals surface area contributed by atoms with E-state index < -0.39 is 4.92 Å². The van der Waals surface area contributed by atoms with E-state index in [0.717, 1.165) is 10.3 Å². The van der Waals surface area contributed by atoms with E-state index in [4.69, 9.17) is 0 Å². The summed E-state index contributed by atoms with van der Waals surface area (Å²) in [6.07, 6.45) is 0.600. The van der Waals surface area contributed by atoms with Gasteiger partial charge in [-0.05, 0) is 36.2 Å². The second kappa shape index (κ2) is 6.76. The summed E-state index contributed by atoms with van der Waals surface area (Å²) in [7, 11) is 0. The number of amides is 1. The predicted octanol–water partition coefficient (Wildman–Crippen LogP) is 3.92. The monoisotopic (exact) mass is 344 g/mol. The molecule has 0 aliphatic heterocycles. The Hall–Kier alpha value is -2.80. The summed E-state index contributed by atoms with van der Waals surface area (Å²) in [4.78, 5) is 23.0. The number of halogens is 1. The lowest BCUT2D eigenvalue weighted by Crippen LogP contribution is -2.24. The van der Waals surface area contributed by atoms with Gasteiger partial charge in [-0.3, -0.25) is 14.9 Å². The molecule has 0 fully saturated rings. The van der Waals surface area contributed by atoms with E-state index in [1.165, 1.54) is 35.6 Å². The Morgan fingerprint density at radius 1 is 1.17 bits per heavy atom. The van der Waals surface area contributed by atoms with E-state index in [-0.39, 0.29) is 17.4 Å². The molecule has 0 saturated heterocycles. The third-order valence-corrected chi connectivity index (χ3v) is 4.66. The highest BCUT2D eigenvalue weighted by atomic mass is 32.1. The molecule has 0 aliphatic carbocycles. The zero-order chi connectivity index (χ0) is 17.1. The van der Waals surface area contributed by atoms with Gasteiger partial charge in [0.2, 0.25) is 0 Å². The Balaban J connectivity index is 1.65. The van der Waals surface area contributed by atoms with Gasteiger partial charge in [0.15, 0.2) is 0 Å². The summed E-state index contributed by atoms with van der Waals surface area (Å²) in [5.41, 5.74) is 0.937. The Labute approximate surface area is 140 Å². The van der Waals surface area contributed by atoms with Crippen LogP contribution in [-0.2, 0) is 6.42 Å². The molecule has 0 spiro atoms. The van der Waals surface area contributed by atoms with Crippen LogP contribution in [0.4, 0.5) is 10.1 Å². The Bertz CT molecular complexity index is 906. The lowest BCUT2D eigenvalue weighted by molar-refractivity contribution is -0.384. The lowest BCUT2D eigenvalue weighted by atomic mass is 10.1. The molecular weight excluding hydrogens is 331 g/mol. The van der Waals surface area contributed by atoms with E-state index >= 15 is 0 Å². The topological polar surface area (TPSA) is 72.2 Å². The number of hydrogen-bond acceptors (Lipinski definition) is 4. The number of non-ortho nitro benzene ring substituents is 1. The van der Waals surface area contributed by atoms with Gasteiger partial charge in [0.1, 0.15) is 5.82 Å². The molecule has 3 rings (SSSR count). The van der Waals surface area contributed by atoms with Crippen molar-refractivity contribution in [1.82, 2.24) is 5.32 Å². The first-order valence-electron chi connectivity index (χ1n) is 7.23. The molecule has 5 nitrogen and oxygen atoms in total. The maximum Gasteiger partial charge on any atom is 0.270 e. The summed E-state index contributed by atoms with van der Waals surface area (Å²) < 4.78 is 13.7. The van der Waals surface area contributed by atoms with Crippen molar-refractivity contribution in [2.45, 2.75) is 6.42 Å². The van der Waals surface area contributed by atoms with Crippen molar-refractivity contribution < 1.29 is 14.1 Å².